The highest BCUT2D eigenvalue weighted by Crippen LogP contribution is 2.32. The van der Waals surface area contributed by atoms with Gasteiger partial charge in [-0.25, -0.2) is 8.42 Å². The SMILES string of the molecule is COc1ccc(S(=O)(=O)N[C@@H](C)C(=O)N2CCN(c3cccc(C(F)(F)F)c3)CC2)cc1. The molecule has 0 spiro atoms. The quantitative estimate of drug-likeness (QED) is 0.701. The largest absolute Gasteiger partial charge is 0.497 e. The number of sulfonamides is 1. The van der Waals surface area contributed by atoms with Crippen molar-refractivity contribution < 1.29 is 31.1 Å². The number of hydrogen-bond donors (Lipinski definition) is 1. The monoisotopic (exact) mass is 471 g/mol. The van der Waals surface area contributed by atoms with E-state index in [1.54, 1.807) is 11.0 Å². The van der Waals surface area contributed by atoms with Crippen LogP contribution in [-0.4, -0.2) is 58.6 Å². The highest BCUT2D eigenvalue weighted by molar-refractivity contribution is 7.89. The molecule has 0 radical (unpaired) electrons. The molecule has 0 aromatic heterocycles. The maximum atomic E-state index is 13.0. The van der Waals surface area contributed by atoms with Crippen molar-refractivity contribution in [2.75, 3.05) is 38.2 Å². The lowest BCUT2D eigenvalue weighted by atomic mass is 10.1. The van der Waals surface area contributed by atoms with Gasteiger partial charge in [0, 0.05) is 31.9 Å². The molecule has 32 heavy (non-hydrogen) atoms. The summed E-state index contributed by atoms with van der Waals surface area (Å²) in [5.74, 6) is 0.109. The maximum Gasteiger partial charge on any atom is 0.416 e. The first-order chi connectivity index (χ1) is 15.0. The third kappa shape index (κ3) is 5.52. The Morgan fingerprint density at radius 2 is 1.69 bits per heavy atom. The van der Waals surface area contributed by atoms with Crippen LogP contribution >= 0.6 is 0 Å². The highest BCUT2D eigenvalue weighted by Gasteiger charge is 2.32. The van der Waals surface area contributed by atoms with Gasteiger partial charge in [0.15, 0.2) is 0 Å². The topological polar surface area (TPSA) is 78.9 Å². The van der Waals surface area contributed by atoms with Crippen LogP contribution in [0.2, 0.25) is 0 Å². The number of methoxy groups -OCH3 is 1. The van der Waals surface area contributed by atoms with Gasteiger partial charge in [-0.15, -0.1) is 0 Å². The van der Waals surface area contributed by atoms with E-state index in [0.717, 1.165) is 12.1 Å². The summed E-state index contributed by atoms with van der Waals surface area (Å²) in [5, 5.41) is 0. The highest BCUT2D eigenvalue weighted by atomic mass is 32.2. The number of carbonyl (C=O) groups is 1. The predicted octanol–water partition coefficient (Wildman–Crippen LogP) is 2.73. The van der Waals surface area contributed by atoms with Crippen molar-refractivity contribution in [2.24, 2.45) is 0 Å². The van der Waals surface area contributed by atoms with Gasteiger partial charge in [0.05, 0.1) is 23.6 Å². The van der Waals surface area contributed by atoms with E-state index < -0.39 is 33.7 Å². The predicted molar refractivity (Wildman–Crippen MR) is 113 cm³/mol. The number of rotatable bonds is 6. The summed E-state index contributed by atoms with van der Waals surface area (Å²) < 4.78 is 71.4. The molecule has 1 fully saturated rings. The fourth-order valence-electron chi connectivity index (χ4n) is 3.44. The molecule has 11 heteroatoms. The second kappa shape index (κ2) is 9.37. The molecule has 0 saturated carbocycles. The molecule has 1 aliphatic heterocycles. The second-order valence-electron chi connectivity index (χ2n) is 7.38. The molecule has 0 bridgehead atoms. The molecule has 7 nitrogen and oxygen atoms in total. The summed E-state index contributed by atoms with van der Waals surface area (Å²) in [4.78, 5) is 16.0. The molecule has 1 saturated heterocycles. The summed E-state index contributed by atoms with van der Waals surface area (Å²) in [7, 11) is -2.44. The van der Waals surface area contributed by atoms with Crippen molar-refractivity contribution >= 4 is 21.6 Å². The molecule has 1 atom stereocenters. The molecule has 1 heterocycles. The van der Waals surface area contributed by atoms with Crippen molar-refractivity contribution in [1.29, 1.82) is 0 Å². The van der Waals surface area contributed by atoms with Gasteiger partial charge in [0.25, 0.3) is 0 Å². The summed E-state index contributed by atoms with van der Waals surface area (Å²) in [5.41, 5.74) is -0.296. The molecule has 2 aromatic rings. The van der Waals surface area contributed by atoms with Gasteiger partial charge in [-0.2, -0.15) is 17.9 Å². The van der Waals surface area contributed by atoms with Gasteiger partial charge in [-0.1, -0.05) is 6.07 Å². The van der Waals surface area contributed by atoms with Gasteiger partial charge < -0.3 is 14.5 Å². The Hall–Kier alpha value is -2.79. The summed E-state index contributed by atoms with van der Waals surface area (Å²) in [6.07, 6.45) is -4.43. The zero-order valence-corrected chi connectivity index (χ0v) is 18.4. The molecule has 3 rings (SSSR count). The van der Waals surface area contributed by atoms with E-state index in [1.165, 1.54) is 49.3 Å². The van der Waals surface area contributed by atoms with E-state index in [2.05, 4.69) is 4.72 Å². The Bertz CT molecular complexity index is 1050. The number of anilines is 1. The first kappa shape index (κ1) is 23.9. The van der Waals surface area contributed by atoms with Gasteiger partial charge in [-0.3, -0.25) is 4.79 Å². The van der Waals surface area contributed by atoms with Crippen LogP contribution < -0.4 is 14.4 Å². The molecular formula is C21H24F3N3O4S. The van der Waals surface area contributed by atoms with Crippen molar-refractivity contribution in [3.05, 3.63) is 54.1 Å². The fraction of sp³-hybridized carbons (Fsp3) is 0.381. The van der Waals surface area contributed by atoms with Crippen molar-refractivity contribution in [1.82, 2.24) is 9.62 Å². The van der Waals surface area contributed by atoms with E-state index in [0.29, 0.717) is 24.5 Å². The van der Waals surface area contributed by atoms with Gasteiger partial charge in [0.1, 0.15) is 5.75 Å². The van der Waals surface area contributed by atoms with Crippen LogP contribution in [0.1, 0.15) is 12.5 Å². The minimum absolute atomic E-state index is 0.00677. The number of ether oxygens (including phenoxy) is 1. The molecule has 1 N–H and O–H groups in total. The Morgan fingerprint density at radius 1 is 1.06 bits per heavy atom. The number of amides is 1. The lowest BCUT2D eigenvalue weighted by molar-refractivity contribution is -0.137. The van der Waals surface area contributed by atoms with Crippen LogP contribution in [0.5, 0.6) is 5.75 Å². The smallest absolute Gasteiger partial charge is 0.416 e. The van der Waals surface area contributed by atoms with Gasteiger partial charge in [-0.05, 0) is 49.4 Å². The first-order valence-corrected chi connectivity index (χ1v) is 11.4. The number of alkyl halides is 3. The van der Waals surface area contributed by atoms with E-state index >= 15 is 0 Å². The van der Waals surface area contributed by atoms with Crippen molar-refractivity contribution in [3.8, 4) is 5.75 Å². The minimum atomic E-state index is -4.43. The normalized spacial score (nSPS) is 16.0. The molecular weight excluding hydrogens is 447 g/mol. The van der Waals surface area contributed by atoms with Crippen LogP contribution in [-0.2, 0) is 21.0 Å². The Balaban J connectivity index is 1.60. The van der Waals surface area contributed by atoms with E-state index in [1.807, 2.05) is 0 Å². The molecule has 174 valence electrons. The Morgan fingerprint density at radius 3 is 2.25 bits per heavy atom. The number of benzene rings is 2. The molecule has 0 aliphatic carbocycles. The zero-order chi connectivity index (χ0) is 23.5. The lowest BCUT2D eigenvalue weighted by Crippen LogP contribution is -2.54. The van der Waals surface area contributed by atoms with Crippen LogP contribution in [0.4, 0.5) is 18.9 Å². The van der Waals surface area contributed by atoms with Crippen LogP contribution in [0.15, 0.2) is 53.4 Å². The third-order valence-corrected chi connectivity index (χ3v) is 6.76. The number of piperazine rings is 1. The zero-order valence-electron chi connectivity index (χ0n) is 17.6. The van der Waals surface area contributed by atoms with Crippen molar-refractivity contribution in [2.45, 2.75) is 24.0 Å². The van der Waals surface area contributed by atoms with Crippen LogP contribution in [0.3, 0.4) is 0 Å². The summed E-state index contributed by atoms with van der Waals surface area (Å²) >= 11 is 0. The number of nitrogens with one attached hydrogen (secondary N) is 1. The molecule has 1 amide bonds. The van der Waals surface area contributed by atoms with Crippen LogP contribution in [0.25, 0.3) is 0 Å². The fourth-order valence-corrected chi connectivity index (χ4v) is 4.64. The van der Waals surface area contributed by atoms with Gasteiger partial charge >= 0.3 is 6.18 Å². The number of nitrogens with zero attached hydrogens (tertiary/aromatic N) is 2. The van der Waals surface area contributed by atoms with E-state index in [9.17, 15) is 26.4 Å². The first-order valence-electron chi connectivity index (χ1n) is 9.88. The Labute approximate surface area is 184 Å². The maximum absolute atomic E-state index is 13.0. The van der Waals surface area contributed by atoms with E-state index in [4.69, 9.17) is 4.74 Å². The van der Waals surface area contributed by atoms with Gasteiger partial charge in [0.2, 0.25) is 15.9 Å². The third-order valence-electron chi connectivity index (χ3n) is 5.20. The number of hydrogen-bond acceptors (Lipinski definition) is 5. The van der Waals surface area contributed by atoms with Crippen molar-refractivity contribution in [3.63, 3.8) is 0 Å². The summed E-state index contributed by atoms with van der Waals surface area (Å²) in [6.45, 7) is 2.67. The standard InChI is InChI=1S/C21H24F3N3O4S/c1-15(25-32(29,30)19-8-6-18(31-2)7-9-19)20(28)27-12-10-26(11-13-27)17-5-3-4-16(14-17)21(22,23)24/h3-9,14-15,25H,10-13H2,1-2H3/t15-/m0/s1. The van der Waals surface area contributed by atoms with E-state index in [-0.39, 0.29) is 18.0 Å². The average Bonchev–Trinajstić information content (AvgIpc) is 2.78. The Kier molecular flexibility index (Phi) is 6.99. The average molecular weight is 472 g/mol. The molecule has 2 aromatic carbocycles. The second-order valence-corrected chi connectivity index (χ2v) is 9.09. The van der Waals surface area contributed by atoms with Crippen LogP contribution in [0, 0.1) is 0 Å². The number of carbonyl (C=O) groups excluding carboxylic acids is 1. The molecule has 0 unspecified atom stereocenters. The number of halogens is 3. The lowest BCUT2D eigenvalue weighted by Gasteiger charge is -2.37. The summed E-state index contributed by atoms with van der Waals surface area (Å²) in [6, 6.07) is 9.83. The molecule has 1 aliphatic rings. The minimum Gasteiger partial charge on any atom is -0.497 e.